The maximum Gasteiger partial charge on any atom is 0.350 e. The second-order valence-corrected chi connectivity index (χ2v) is 11.0. The van der Waals surface area contributed by atoms with Gasteiger partial charge in [-0.3, -0.25) is 14.5 Å². The van der Waals surface area contributed by atoms with Gasteiger partial charge in [0.05, 0.1) is 30.5 Å². The predicted octanol–water partition coefficient (Wildman–Crippen LogP) is 5.54. The first kappa shape index (κ1) is 29.8. The Balaban J connectivity index is 1.69. The summed E-state index contributed by atoms with van der Waals surface area (Å²) in [6, 6.07) is 9.12. The topological polar surface area (TPSA) is 124 Å². The van der Waals surface area contributed by atoms with E-state index in [2.05, 4.69) is 11.6 Å². The van der Waals surface area contributed by atoms with Gasteiger partial charge < -0.3 is 24.1 Å². The van der Waals surface area contributed by atoms with Crippen LogP contribution in [-0.4, -0.2) is 53.7 Å². The Hall–Kier alpha value is -4.64. The van der Waals surface area contributed by atoms with Crippen LogP contribution in [0.3, 0.4) is 0 Å². The molecule has 0 bridgehead atoms. The number of carbonyl (C=O) groups excluding carboxylic acids is 3. The van der Waals surface area contributed by atoms with Gasteiger partial charge in [0.25, 0.3) is 5.78 Å². The van der Waals surface area contributed by atoms with E-state index in [1.165, 1.54) is 4.90 Å². The first-order valence-electron chi connectivity index (χ1n) is 13.9. The molecule has 11 heteroatoms. The fourth-order valence-electron chi connectivity index (χ4n) is 5.17. The van der Waals surface area contributed by atoms with Crippen LogP contribution in [0.4, 0.5) is 5.13 Å². The summed E-state index contributed by atoms with van der Waals surface area (Å²) in [6.07, 6.45) is 2.23. The van der Waals surface area contributed by atoms with E-state index in [1.807, 2.05) is 13.8 Å². The minimum absolute atomic E-state index is 0.0153. The molecule has 0 saturated carbocycles. The van der Waals surface area contributed by atoms with Crippen molar-refractivity contribution in [3.63, 3.8) is 0 Å². The number of aromatic nitrogens is 1. The minimum atomic E-state index is -1.09. The van der Waals surface area contributed by atoms with Crippen molar-refractivity contribution in [3.8, 4) is 17.2 Å². The summed E-state index contributed by atoms with van der Waals surface area (Å²) in [5, 5.41) is 11.8. The number of anilines is 1. The smallest absolute Gasteiger partial charge is 0.350 e. The van der Waals surface area contributed by atoms with Gasteiger partial charge in [0.15, 0.2) is 16.6 Å². The second-order valence-electron chi connectivity index (χ2n) is 9.99. The molecule has 0 radical (unpaired) electrons. The Bertz CT molecular complexity index is 1640. The van der Waals surface area contributed by atoms with Gasteiger partial charge in [0.1, 0.15) is 29.1 Å². The van der Waals surface area contributed by atoms with Gasteiger partial charge in [-0.1, -0.05) is 30.1 Å². The van der Waals surface area contributed by atoms with Gasteiger partial charge in [-0.15, -0.1) is 0 Å². The zero-order valence-corrected chi connectivity index (χ0v) is 25.2. The molecule has 0 aliphatic carbocycles. The average Bonchev–Trinajstić information content (AvgIpc) is 3.63. The Morgan fingerprint density at radius 2 is 1.95 bits per heavy atom. The maximum atomic E-state index is 13.7. The summed E-state index contributed by atoms with van der Waals surface area (Å²) in [5.41, 5.74) is 1.97. The van der Waals surface area contributed by atoms with Gasteiger partial charge in [0.2, 0.25) is 0 Å². The number of esters is 1. The molecule has 3 aromatic rings. The van der Waals surface area contributed by atoms with Crippen LogP contribution in [0.1, 0.15) is 58.9 Å². The number of rotatable bonds is 10. The highest BCUT2D eigenvalue weighted by molar-refractivity contribution is 7.17. The lowest BCUT2D eigenvalue weighted by atomic mass is 9.94. The number of hydrogen-bond donors (Lipinski definition) is 1. The molecule has 1 N–H and O–H groups in total. The van der Waals surface area contributed by atoms with Crippen molar-refractivity contribution >= 4 is 39.9 Å². The Kier molecular flexibility index (Phi) is 8.54. The van der Waals surface area contributed by atoms with E-state index in [-0.39, 0.29) is 40.7 Å². The van der Waals surface area contributed by atoms with E-state index in [1.54, 1.807) is 56.3 Å². The monoisotopic (exact) mass is 604 g/mol. The summed E-state index contributed by atoms with van der Waals surface area (Å²) in [5.74, 6) is -1.14. The third kappa shape index (κ3) is 5.60. The Morgan fingerprint density at radius 3 is 2.67 bits per heavy atom. The lowest BCUT2D eigenvalue weighted by molar-refractivity contribution is -0.132. The summed E-state index contributed by atoms with van der Waals surface area (Å²) in [4.78, 5) is 45.9. The molecule has 0 unspecified atom stereocenters. The number of aliphatic hydroxyl groups excluding tert-OH is 1. The zero-order chi connectivity index (χ0) is 30.8. The SMILES string of the molecule is C=CCOc1ccc([C@H]2C(=C(O)c3ccc4c(c3)C[C@@H](C)O4)C(=O)C(=O)N2c2nc(C)c(C(=O)OCC)s2)cc1OCC. The van der Waals surface area contributed by atoms with Crippen molar-refractivity contribution in [2.75, 3.05) is 24.7 Å². The molecule has 3 heterocycles. The molecule has 2 atom stereocenters. The third-order valence-corrected chi connectivity index (χ3v) is 8.14. The van der Waals surface area contributed by atoms with E-state index < -0.39 is 23.7 Å². The number of aryl methyl sites for hydroxylation is 1. The van der Waals surface area contributed by atoms with Gasteiger partial charge in [-0.2, -0.15) is 0 Å². The molecule has 2 aliphatic heterocycles. The van der Waals surface area contributed by atoms with Crippen LogP contribution in [0.5, 0.6) is 17.2 Å². The summed E-state index contributed by atoms with van der Waals surface area (Å²) < 4.78 is 22.5. The van der Waals surface area contributed by atoms with Crippen molar-refractivity contribution < 1.29 is 38.4 Å². The normalized spacial score (nSPS) is 18.7. The van der Waals surface area contributed by atoms with Gasteiger partial charge in [-0.05, 0) is 69.2 Å². The quantitative estimate of drug-likeness (QED) is 0.104. The van der Waals surface area contributed by atoms with E-state index in [0.717, 1.165) is 16.9 Å². The fourth-order valence-corrected chi connectivity index (χ4v) is 6.16. The number of hydrogen-bond acceptors (Lipinski definition) is 10. The summed E-state index contributed by atoms with van der Waals surface area (Å²) >= 11 is 0.943. The van der Waals surface area contributed by atoms with Crippen LogP contribution in [0.15, 0.2) is 54.6 Å². The zero-order valence-electron chi connectivity index (χ0n) is 24.3. The number of aliphatic hydroxyl groups is 1. The first-order chi connectivity index (χ1) is 20.7. The van der Waals surface area contributed by atoms with Gasteiger partial charge in [0, 0.05) is 12.0 Å². The van der Waals surface area contributed by atoms with Crippen LogP contribution in [0.25, 0.3) is 5.76 Å². The van der Waals surface area contributed by atoms with Crippen molar-refractivity contribution in [3.05, 3.63) is 81.9 Å². The van der Waals surface area contributed by atoms with Gasteiger partial charge >= 0.3 is 11.9 Å². The molecule has 1 saturated heterocycles. The third-order valence-electron chi connectivity index (χ3n) is 7.01. The molecule has 43 heavy (non-hydrogen) atoms. The second kappa shape index (κ2) is 12.3. The van der Waals surface area contributed by atoms with E-state index in [4.69, 9.17) is 18.9 Å². The van der Waals surface area contributed by atoms with E-state index in [0.29, 0.717) is 47.1 Å². The number of fused-ring (bicyclic) bond motifs is 1. The summed E-state index contributed by atoms with van der Waals surface area (Å²) in [7, 11) is 0. The number of thiazole rings is 1. The van der Waals surface area contributed by atoms with Crippen LogP contribution >= 0.6 is 11.3 Å². The highest BCUT2D eigenvalue weighted by atomic mass is 32.1. The first-order valence-corrected chi connectivity index (χ1v) is 14.8. The average molecular weight is 605 g/mol. The number of nitrogens with zero attached hydrogens (tertiary/aromatic N) is 2. The van der Waals surface area contributed by atoms with E-state index in [9.17, 15) is 19.5 Å². The highest BCUT2D eigenvalue weighted by Gasteiger charge is 2.49. The molecule has 2 aromatic carbocycles. The lowest BCUT2D eigenvalue weighted by Crippen LogP contribution is -2.29. The summed E-state index contributed by atoms with van der Waals surface area (Å²) in [6.45, 7) is 11.5. The molecule has 0 spiro atoms. The predicted molar refractivity (Wildman–Crippen MR) is 161 cm³/mol. The Labute approximate surface area is 253 Å². The molecule has 224 valence electrons. The number of amides is 1. The minimum Gasteiger partial charge on any atom is -0.507 e. The molecule has 1 fully saturated rings. The van der Waals surface area contributed by atoms with Crippen molar-refractivity contribution in [2.24, 2.45) is 0 Å². The van der Waals surface area contributed by atoms with Crippen LogP contribution < -0.4 is 19.1 Å². The lowest BCUT2D eigenvalue weighted by Gasteiger charge is -2.24. The molecule has 2 aliphatic rings. The molecular weight excluding hydrogens is 572 g/mol. The van der Waals surface area contributed by atoms with Crippen LogP contribution in [-0.2, 0) is 20.7 Å². The number of ether oxygens (including phenoxy) is 4. The highest BCUT2D eigenvalue weighted by Crippen LogP contribution is 2.46. The fraction of sp³-hybridized carbons (Fsp3) is 0.312. The largest absolute Gasteiger partial charge is 0.507 e. The van der Waals surface area contributed by atoms with E-state index >= 15 is 0 Å². The molecule has 10 nitrogen and oxygen atoms in total. The Morgan fingerprint density at radius 1 is 1.16 bits per heavy atom. The molecule has 1 amide bonds. The number of Topliss-reactive ketones (excluding diaryl/α,β-unsaturated/α-hetero) is 1. The molecule has 1 aromatic heterocycles. The van der Waals surface area contributed by atoms with Gasteiger partial charge in [-0.25, -0.2) is 9.78 Å². The van der Waals surface area contributed by atoms with Crippen molar-refractivity contribution in [2.45, 2.75) is 46.3 Å². The number of ketones is 1. The van der Waals surface area contributed by atoms with Crippen LogP contribution in [0, 0.1) is 6.92 Å². The number of benzene rings is 2. The standard InChI is InChI=1S/C32H32N2O8S/c1-6-13-41-23-12-9-19(16-24(23)39-7-2)26-25(27(35)20-10-11-22-21(15-20)14-17(4)42-22)28(36)30(37)34(26)32-33-18(5)29(43-32)31(38)40-8-3/h6,9-12,15-17,26,35H,1,7-8,13-14H2,2-5H3/t17-,26+/m1/s1. The van der Waals surface area contributed by atoms with Crippen molar-refractivity contribution in [1.29, 1.82) is 0 Å². The van der Waals surface area contributed by atoms with Crippen molar-refractivity contribution in [1.82, 2.24) is 4.98 Å². The van der Waals surface area contributed by atoms with Crippen LogP contribution in [0.2, 0.25) is 0 Å². The molecular formula is C32H32N2O8S. The maximum absolute atomic E-state index is 13.7. The number of carbonyl (C=O) groups is 3. The molecule has 5 rings (SSSR count).